The molecule has 0 saturated carbocycles. The van der Waals surface area contributed by atoms with E-state index in [2.05, 4.69) is 10.1 Å². The minimum absolute atomic E-state index is 0.0599. The van der Waals surface area contributed by atoms with Crippen molar-refractivity contribution in [3.63, 3.8) is 0 Å². The predicted octanol–water partition coefficient (Wildman–Crippen LogP) is 3.77. The van der Waals surface area contributed by atoms with E-state index < -0.39 is 17.7 Å². The van der Waals surface area contributed by atoms with Crippen molar-refractivity contribution >= 4 is 17.3 Å². The van der Waals surface area contributed by atoms with E-state index in [0.717, 1.165) is 12.1 Å². The number of carboxylic acid groups (broad SMARTS) is 1. The first-order valence-corrected chi connectivity index (χ1v) is 7.52. The monoisotopic (exact) mass is 353 g/mol. The van der Waals surface area contributed by atoms with Gasteiger partial charge in [-0.15, -0.1) is 11.3 Å². The van der Waals surface area contributed by atoms with Crippen LogP contribution in [0, 0.1) is 0 Å². The molecule has 24 heavy (non-hydrogen) atoms. The standard InChI is InChI=1S/C15H10F3N3O2S/c16-15(17,18)11-3-1-2-9(4-11)12-6-19-13(24-12)8-21-7-10(5-20-21)14(22)23/h1-7H,8H2,(H,22,23). The first-order valence-electron chi connectivity index (χ1n) is 6.71. The zero-order valence-electron chi connectivity index (χ0n) is 12.0. The molecular formula is C15H10F3N3O2S. The lowest BCUT2D eigenvalue weighted by molar-refractivity contribution is -0.137. The second kappa shape index (κ2) is 6.08. The number of thiazole rings is 1. The lowest BCUT2D eigenvalue weighted by Gasteiger charge is -2.07. The molecule has 3 rings (SSSR count). The average molecular weight is 353 g/mol. The molecule has 0 aliphatic rings. The molecule has 0 aliphatic heterocycles. The number of aromatic nitrogens is 3. The second-order valence-electron chi connectivity index (χ2n) is 4.93. The molecule has 1 aromatic carbocycles. The SMILES string of the molecule is O=C(O)c1cnn(Cc2ncc(-c3cccc(C(F)(F)F)c3)s2)c1. The van der Waals surface area contributed by atoms with Crippen molar-refractivity contribution in [1.29, 1.82) is 0 Å². The Labute approximate surface area is 138 Å². The van der Waals surface area contributed by atoms with E-state index in [9.17, 15) is 18.0 Å². The highest BCUT2D eigenvalue weighted by Gasteiger charge is 2.30. The van der Waals surface area contributed by atoms with Gasteiger partial charge in [0.1, 0.15) is 5.01 Å². The largest absolute Gasteiger partial charge is 0.478 e. The number of carbonyl (C=O) groups is 1. The van der Waals surface area contributed by atoms with E-state index in [1.165, 1.54) is 40.7 Å². The van der Waals surface area contributed by atoms with E-state index in [0.29, 0.717) is 15.4 Å². The summed E-state index contributed by atoms with van der Waals surface area (Å²) >= 11 is 1.23. The Bertz CT molecular complexity index is 886. The molecule has 0 spiro atoms. The highest BCUT2D eigenvalue weighted by Crippen LogP contribution is 2.33. The van der Waals surface area contributed by atoms with Crippen molar-refractivity contribution in [2.45, 2.75) is 12.7 Å². The van der Waals surface area contributed by atoms with E-state index in [1.54, 1.807) is 6.07 Å². The molecule has 124 valence electrons. The Morgan fingerprint density at radius 3 is 2.75 bits per heavy atom. The van der Waals surface area contributed by atoms with Crippen LogP contribution < -0.4 is 0 Å². The Morgan fingerprint density at radius 2 is 2.08 bits per heavy atom. The van der Waals surface area contributed by atoms with Crippen LogP contribution in [0.25, 0.3) is 10.4 Å². The molecule has 0 radical (unpaired) electrons. The number of nitrogens with zero attached hydrogens (tertiary/aromatic N) is 3. The molecule has 9 heteroatoms. The zero-order valence-corrected chi connectivity index (χ0v) is 12.8. The third-order valence-electron chi connectivity index (χ3n) is 3.21. The summed E-state index contributed by atoms with van der Waals surface area (Å²) in [5, 5.41) is 13.4. The quantitative estimate of drug-likeness (QED) is 0.775. The van der Waals surface area contributed by atoms with Gasteiger partial charge in [-0.05, 0) is 17.7 Å². The van der Waals surface area contributed by atoms with E-state index in [4.69, 9.17) is 5.11 Å². The molecule has 3 aromatic rings. The Morgan fingerprint density at radius 1 is 1.29 bits per heavy atom. The summed E-state index contributed by atoms with van der Waals surface area (Å²) in [7, 11) is 0. The van der Waals surface area contributed by atoms with Crippen LogP contribution in [0.2, 0.25) is 0 Å². The van der Waals surface area contributed by atoms with Gasteiger partial charge in [-0.25, -0.2) is 9.78 Å². The first-order chi connectivity index (χ1) is 11.3. The number of aromatic carboxylic acids is 1. The molecule has 0 saturated heterocycles. The summed E-state index contributed by atoms with van der Waals surface area (Å²) in [5.41, 5.74) is -0.224. The molecule has 0 bridgehead atoms. The topological polar surface area (TPSA) is 68.0 Å². The number of carboxylic acids is 1. The van der Waals surface area contributed by atoms with Crippen molar-refractivity contribution in [2.75, 3.05) is 0 Å². The third-order valence-corrected chi connectivity index (χ3v) is 4.24. The van der Waals surface area contributed by atoms with Crippen molar-refractivity contribution in [1.82, 2.24) is 14.8 Å². The van der Waals surface area contributed by atoms with Gasteiger partial charge in [0.05, 0.1) is 28.7 Å². The van der Waals surface area contributed by atoms with E-state index in [1.807, 2.05) is 0 Å². The van der Waals surface area contributed by atoms with Gasteiger partial charge in [-0.2, -0.15) is 18.3 Å². The molecule has 2 heterocycles. The van der Waals surface area contributed by atoms with Crippen LogP contribution in [-0.4, -0.2) is 25.8 Å². The average Bonchev–Trinajstić information content (AvgIpc) is 3.16. The molecule has 0 unspecified atom stereocenters. The van der Waals surface area contributed by atoms with Gasteiger partial charge in [0, 0.05) is 12.4 Å². The van der Waals surface area contributed by atoms with Crippen LogP contribution in [0.3, 0.4) is 0 Å². The van der Waals surface area contributed by atoms with Gasteiger partial charge >= 0.3 is 12.1 Å². The van der Waals surface area contributed by atoms with Crippen molar-refractivity contribution in [3.05, 3.63) is 59.0 Å². The van der Waals surface area contributed by atoms with Crippen LogP contribution >= 0.6 is 11.3 Å². The first kappa shape index (κ1) is 16.2. The molecule has 1 N–H and O–H groups in total. The number of alkyl halides is 3. The van der Waals surface area contributed by atoms with Gasteiger partial charge in [0.2, 0.25) is 0 Å². The lowest BCUT2D eigenvalue weighted by Crippen LogP contribution is -2.04. The fraction of sp³-hybridized carbons (Fsp3) is 0.133. The number of halogens is 3. The third kappa shape index (κ3) is 3.46. The smallest absolute Gasteiger partial charge is 0.416 e. The second-order valence-corrected chi connectivity index (χ2v) is 6.04. The Balaban J connectivity index is 1.81. The van der Waals surface area contributed by atoms with E-state index >= 15 is 0 Å². The molecule has 5 nitrogen and oxygen atoms in total. The van der Waals surface area contributed by atoms with Crippen LogP contribution in [-0.2, 0) is 12.7 Å². The summed E-state index contributed by atoms with van der Waals surface area (Å²) in [6.45, 7) is 0.247. The predicted molar refractivity (Wildman–Crippen MR) is 80.8 cm³/mol. The highest BCUT2D eigenvalue weighted by atomic mass is 32.1. The maximum atomic E-state index is 12.8. The Hall–Kier alpha value is -2.68. The van der Waals surface area contributed by atoms with E-state index in [-0.39, 0.29) is 12.1 Å². The maximum Gasteiger partial charge on any atom is 0.416 e. The summed E-state index contributed by atoms with van der Waals surface area (Å²) in [6.07, 6.45) is -0.305. The van der Waals surface area contributed by atoms with Gasteiger partial charge in [0.25, 0.3) is 0 Å². The van der Waals surface area contributed by atoms with Crippen LogP contribution in [0.1, 0.15) is 20.9 Å². The summed E-state index contributed by atoms with van der Waals surface area (Å²) < 4.78 is 39.7. The van der Waals surface area contributed by atoms with Crippen LogP contribution in [0.15, 0.2) is 42.9 Å². The summed E-state index contributed by atoms with van der Waals surface area (Å²) in [5.74, 6) is -1.08. The number of rotatable bonds is 4. The lowest BCUT2D eigenvalue weighted by atomic mass is 10.1. The van der Waals surface area contributed by atoms with Crippen molar-refractivity contribution in [2.24, 2.45) is 0 Å². The summed E-state index contributed by atoms with van der Waals surface area (Å²) in [4.78, 5) is 15.6. The summed E-state index contributed by atoms with van der Waals surface area (Å²) in [6, 6.07) is 5.03. The maximum absolute atomic E-state index is 12.8. The molecule has 2 aromatic heterocycles. The fourth-order valence-corrected chi connectivity index (χ4v) is 2.97. The van der Waals surface area contributed by atoms with Gasteiger partial charge in [-0.3, -0.25) is 4.68 Å². The van der Waals surface area contributed by atoms with Gasteiger partial charge < -0.3 is 5.11 Å². The Kier molecular flexibility index (Phi) is 4.10. The number of hydrogen-bond donors (Lipinski definition) is 1. The fourth-order valence-electron chi connectivity index (χ4n) is 2.06. The molecular weight excluding hydrogens is 343 g/mol. The number of benzene rings is 1. The van der Waals surface area contributed by atoms with Crippen LogP contribution in [0.4, 0.5) is 13.2 Å². The minimum atomic E-state index is -4.40. The van der Waals surface area contributed by atoms with Gasteiger partial charge in [-0.1, -0.05) is 12.1 Å². The minimum Gasteiger partial charge on any atom is -0.478 e. The zero-order chi connectivity index (χ0) is 17.3. The molecule has 0 fully saturated rings. The van der Waals surface area contributed by atoms with Gasteiger partial charge in [0.15, 0.2) is 0 Å². The van der Waals surface area contributed by atoms with Crippen LogP contribution in [0.5, 0.6) is 0 Å². The van der Waals surface area contributed by atoms with Crippen molar-refractivity contribution in [3.8, 4) is 10.4 Å². The normalized spacial score (nSPS) is 11.6. The highest BCUT2D eigenvalue weighted by molar-refractivity contribution is 7.15. The van der Waals surface area contributed by atoms with Crippen molar-refractivity contribution < 1.29 is 23.1 Å². The molecule has 0 amide bonds. The number of hydrogen-bond acceptors (Lipinski definition) is 4. The molecule has 0 aliphatic carbocycles. The molecule has 0 atom stereocenters.